The average molecular weight is 216 g/mol. The Labute approximate surface area is 95.1 Å². The summed E-state index contributed by atoms with van der Waals surface area (Å²) in [6, 6.07) is 4.52. The highest BCUT2D eigenvalue weighted by atomic mass is 16.3. The molecule has 16 heavy (non-hydrogen) atoms. The molecule has 3 nitrogen and oxygen atoms in total. The third kappa shape index (κ3) is 1.56. The normalized spacial score (nSPS) is 19.7. The van der Waals surface area contributed by atoms with E-state index >= 15 is 0 Å². The molecule has 0 radical (unpaired) electrons. The lowest BCUT2D eigenvalue weighted by Crippen LogP contribution is -2.17. The zero-order valence-electron chi connectivity index (χ0n) is 9.52. The highest BCUT2D eigenvalue weighted by Crippen LogP contribution is 2.26. The van der Waals surface area contributed by atoms with Gasteiger partial charge in [-0.2, -0.15) is 0 Å². The molecule has 2 aromatic rings. The van der Waals surface area contributed by atoms with Gasteiger partial charge >= 0.3 is 0 Å². The first kappa shape index (κ1) is 9.70. The Balaban J connectivity index is 1.93. The van der Waals surface area contributed by atoms with Crippen molar-refractivity contribution < 1.29 is 4.42 Å². The van der Waals surface area contributed by atoms with Crippen LogP contribution in [0.4, 0.5) is 0 Å². The Bertz CT molecular complexity index is 470. The molecule has 0 aliphatic carbocycles. The van der Waals surface area contributed by atoms with E-state index in [1.165, 1.54) is 18.5 Å². The largest absolute Gasteiger partial charge is 0.469 e. The molecule has 0 amide bonds. The van der Waals surface area contributed by atoms with E-state index in [9.17, 15) is 0 Å². The van der Waals surface area contributed by atoms with E-state index in [4.69, 9.17) is 4.42 Å². The maximum Gasteiger partial charge on any atom is 0.116 e. The first-order valence-electron chi connectivity index (χ1n) is 5.92. The predicted molar refractivity (Wildman–Crippen MR) is 61.4 cm³/mol. The first-order valence-corrected chi connectivity index (χ1v) is 5.92. The van der Waals surface area contributed by atoms with Gasteiger partial charge in [-0.25, -0.2) is 4.98 Å². The molecule has 3 heterocycles. The monoisotopic (exact) mass is 216 g/mol. The summed E-state index contributed by atoms with van der Waals surface area (Å²) in [5.74, 6) is 2.13. The number of furan rings is 1. The van der Waals surface area contributed by atoms with Crippen LogP contribution in [0, 0.1) is 0 Å². The van der Waals surface area contributed by atoms with Crippen LogP contribution in [0.2, 0.25) is 0 Å². The third-order valence-corrected chi connectivity index (χ3v) is 3.36. The lowest BCUT2D eigenvalue weighted by molar-refractivity contribution is 0.415. The van der Waals surface area contributed by atoms with Crippen molar-refractivity contribution in [2.75, 3.05) is 0 Å². The van der Waals surface area contributed by atoms with Crippen molar-refractivity contribution in [1.82, 2.24) is 9.55 Å². The Morgan fingerprint density at radius 1 is 1.56 bits per heavy atom. The van der Waals surface area contributed by atoms with Gasteiger partial charge in [0.15, 0.2) is 0 Å². The zero-order valence-corrected chi connectivity index (χ0v) is 9.52. The Hall–Kier alpha value is -1.51. The van der Waals surface area contributed by atoms with Crippen molar-refractivity contribution >= 4 is 0 Å². The number of aromatic nitrogens is 2. The van der Waals surface area contributed by atoms with Crippen molar-refractivity contribution in [1.29, 1.82) is 0 Å². The molecule has 1 unspecified atom stereocenters. The van der Waals surface area contributed by atoms with Crippen molar-refractivity contribution in [2.24, 2.45) is 0 Å². The molecule has 1 aliphatic heterocycles. The van der Waals surface area contributed by atoms with Crippen LogP contribution in [-0.4, -0.2) is 9.55 Å². The highest BCUT2D eigenvalue weighted by molar-refractivity contribution is 5.14. The lowest BCUT2D eigenvalue weighted by Gasteiger charge is -2.23. The molecule has 0 saturated carbocycles. The van der Waals surface area contributed by atoms with Gasteiger partial charge in [0.05, 0.1) is 12.7 Å². The Morgan fingerprint density at radius 3 is 3.31 bits per heavy atom. The summed E-state index contributed by atoms with van der Waals surface area (Å²) in [6.45, 7) is 2.27. The predicted octanol–water partition coefficient (Wildman–Crippen LogP) is 2.96. The maximum atomic E-state index is 5.38. The van der Waals surface area contributed by atoms with Crippen molar-refractivity contribution in [2.45, 2.75) is 38.6 Å². The van der Waals surface area contributed by atoms with Gasteiger partial charge in [0.1, 0.15) is 11.6 Å². The van der Waals surface area contributed by atoms with Gasteiger partial charge in [-0.05, 0) is 38.3 Å². The minimum atomic E-state index is 0.580. The summed E-state index contributed by atoms with van der Waals surface area (Å²) in [5, 5.41) is 0. The molecule has 0 spiro atoms. The molecule has 0 bridgehead atoms. The molecule has 1 aliphatic rings. The fraction of sp³-hybridized carbons (Fsp3) is 0.462. The molecular weight excluding hydrogens is 200 g/mol. The van der Waals surface area contributed by atoms with Gasteiger partial charge in [-0.1, -0.05) is 0 Å². The molecule has 84 valence electrons. The molecular formula is C13H16N2O. The molecule has 2 aromatic heterocycles. The molecule has 3 rings (SSSR count). The number of aryl methyl sites for hydroxylation is 1. The van der Waals surface area contributed by atoms with E-state index in [-0.39, 0.29) is 0 Å². The number of rotatable bonds is 2. The zero-order chi connectivity index (χ0) is 11.0. The van der Waals surface area contributed by atoms with Gasteiger partial charge in [0.25, 0.3) is 0 Å². The summed E-state index contributed by atoms with van der Waals surface area (Å²) < 4.78 is 7.76. The van der Waals surface area contributed by atoms with Crippen LogP contribution >= 0.6 is 0 Å². The standard InChI is InChI=1S/C13H16N2O/c1-10-4-2-5-11-9-14-13(15(10)11)8-12-6-3-7-16-12/h3,6-7,9-10H,2,4-5,8H2,1H3. The smallest absolute Gasteiger partial charge is 0.116 e. The Morgan fingerprint density at radius 2 is 2.50 bits per heavy atom. The number of hydrogen-bond donors (Lipinski definition) is 0. The molecule has 0 saturated heterocycles. The number of imidazole rings is 1. The summed E-state index contributed by atoms with van der Waals surface area (Å²) in [7, 11) is 0. The van der Waals surface area contributed by atoms with Crippen LogP contribution in [-0.2, 0) is 12.8 Å². The van der Waals surface area contributed by atoms with Crippen molar-refractivity contribution in [3.63, 3.8) is 0 Å². The molecule has 0 N–H and O–H groups in total. The van der Waals surface area contributed by atoms with E-state index in [0.29, 0.717) is 6.04 Å². The van der Waals surface area contributed by atoms with Crippen LogP contribution in [0.1, 0.15) is 43.1 Å². The van der Waals surface area contributed by atoms with Crippen LogP contribution in [0.5, 0.6) is 0 Å². The van der Waals surface area contributed by atoms with Gasteiger partial charge in [-0.15, -0.1) is 0 Å². The second-order valence-electron chi connectivity index (χ2n) is 4.53. The lowest BCUT2D eigenvalue weighted by atomic mass is 10.0. The summed E-state index contributed by atoms with van der Waals surface area (Å²) in [6.07, 6.45) is 8.25. The average Bonchev–Trinajstić information content (AvgIpc) is 2.90. The number of fused-ring (bicyclic) bond motifs is 1. The second kappa shape index (κ2) is 3.81. The van der Waals surface area contributed by atoms with E-state index in [2.05, 4.69) is 16.5 Å². The van der Waals surface area contributed by atoms with E-state index in [1.54, 1.807) is 6.26 Å². The topological polar surface area (TPSA) is 31.0 Å². The number of hydrogen-bond acceptors (Lipinski definition) is 2. The van der Waals surface area contributed by atoms with Crippen LogP contribution in [0.3, 0.4) is 0 Å². The van der Waals surface area contributed by atoms with Crippen LogP contribution in [0.15, 0.2) is 29.0 Å². The van der Waals surface area contributed by atoms with Crippen LogP contribution in [0.25, 0.3) is 0 Å². The first-order chi connectivity index (χ1) is 7.84. The van der Waals surface area contributed by atoms with E-state index in [0.717, 1.165) is 24.4 Å². The maximum absolute atomic E-state index is 5.38. The SMILES string of the molecule is CC1CCCc2cnc(Cc3ccco3)n21. The molecule has 1 atom stereocenters. The highest BCUT2D eigenvalue weighted by Gasteiger charge is 2.20. The minimum Gasteiger partial charge on any atom is -0.469 e. The fourth-order valence-electron chi connectivity index (χ4n) is 2.57. The summed E-state index contributed by atoms with van der Waals surface area (Å²) in [5.41, 5.74) is 1.38. The van der Waals surface area contributed by atoms with Gasteiger partial charge < -0.3 is 8.98 Å². The van der Waals surface area contributed by atoms with Crippen molar-refractivity contribution in [3.8, 4) is 0 Å². The fourth-order valence-corrected chi connectivity index (χ4v) is 2.57. The summed E-state index contributed by atoms with van der Waals surface area (Å²) in [4.78, 5) is 4.53. The molecule has 3 heteroatoms. The molecule has 0 aromatic carbocycles. The van der Waals surface area contributed by atoms with Crippen LogP contribution < -0.4 is 0 Å². The van der Waals surface area contributed by atoms with Gasteiger partial charge in [0, 0.05) is 17.9 Å². The quantitative estimate of drug-likeness (QED) is 0.772. The third-order valence-electron chi connectivity index (χ3n) is 3.36. The van der Waals surface area contributed by atoms with Crippen molar-refractivity contribution in [3.05, 3.63) is 41.9 Å². The van der Waals surface area contributed by atoms with Gasteiger partial charge in [0.2, 0.25) is 0 Å². The van der Waals surface area contributed by atoms with E-state index < -0.39 is 0 Å². The Kier molecular flexibility index (Phi) is 2.31. The minimum absolute atomic E-state index is 0.580. The summed E-state index contributed by atoms with van der Waals surface area (Å²) >= 11 is 0. The molecule has 0 fully saturated rings. The second-order valence-corrected chi connectivity index (χ2v) is 4.53. The van der Waals surface area contributed by atoms with Gasteiger partial charge in [-0.3, -0.25) is 0 Å². The van der Waals surface area contributed by atoms with E-state index in [1.807, 2.05) is 18.3 Å². The number of nitrogens with zero attached hydrogens (tertiary/aromatic N) is 2.